The van der Waals surface area contributed by atoms with E-state index in [0.717, 1.165) is 15.6 Å². The molecule has 3 aromatic carbocycles. The molecule has 1 aliphatic heterocycles. The summed E-state index contributed by atoms with van der Waals surface area (Å²) in [7, 11) is -3.65. The van der Waals surface area contributed by atoms with Crippen molar-refractivity contribution in [3.63, 3.8) is 0 Å². The number of hydrogen-bond donors (Lipinski definition) is 1. The van der Waals surface area contributed by atoms with E-state index >= 15 is 0 Å². The van der Waals surface area contributed by atoms with Crippen LogP contribution in [0.2, 0.25) is 0 Å². The number of benzene rings is 3. The first kappa shape index (κ1) is 17.3. The molecule has 3 aromatic rings. The number of para-hydroxylation sites is 1. The lowest BCUT2D eigenvalue weighted by atomic mass is 10.1. The van der Waals surface area contributed by atoms with E-state index in [1.807, 2.05) is 60.7 Å². The minimum absolute atomic E-state index is 0.288. The Kier molecular flexibility index (Phi) is 4.56. The lowest BCUT2D eigenvalue weighted by Gasteiger charge is -2.37. The van der Waals surface area contributed by atoms with Crippen LogP contribution < -0.4 is 5.32 Å². The summed E-state index contributed by atoms with van der Waals surface area (Å²) in [5, 5.41) is 3.40. The molecule has 0 radical (unpaired) electrons. The highest BCUT2D eigenvalue weighted by Crippen LogP contribution is 2.40. The Balaban J connectivity index is 1.86. The highest BCUT2D eigenvalue weighted by molar-refractivity contribution is 9.10. The number of anilines is 1. The maximum Gasteiger partial charge on any atom is 0.247 e. The average Bonchev–Trinajstić information content (AvgIpc) is 2.65. The molecule has 132 valence electrons. The number of hydrogen-bond acceptors (Lipinski definition) is 3. The SMILES string of the molecule is O=S1(=O)c2ccccc2N[C@@H](c2ccccc2Br)N1Cc1ccccc1. The number of nitrogens with zero attached hydrogens (tertiary/aromatic N) is 1. The van der Waals surface area contributed by atoms with Gasteiger partial charge in [-0.2, -0.15) is 4.31 Å². The molecule has 0 bridgehead atoms. The van der Waals surface area contributed by atoms with E-state index < -0.39 is 16.2 Å². The Morgan fingerprint density at radius 3 is 2.31 bits per heavy atom. The molecule has 6 heteroatoms. The normalized spacial score (nSPS) is 18.7. The quantitative estimate of drug-likeness (QED) is 0.653. The van der Waals surface area contributed by atoms with E-state index in [0.29, 0.717) is 10.6 Å². The van der Waals surface area contributed by atoms with Crippen molar-refractivity contribution in [2.45, 2.75) is 17.6 Å². The number of rotatable bonds is 3. The molecular weight excluding hydrogens is 412 g/mol. The van der Waals surface area contributed by atoms with Gasteiger partial charge in [-0.05, 0) is 23.8 Å². The van der Waals surface area contributed by atoms with Crippen LogP contribution in [-0.2, 0) is 16.6 Å². The first-order valence-electron chi connectivity index (χ1n) is 8.23. The van der Waals surface area contributed by atoms with Crippen molar-refractivity contribution >= 4 is 31.6 Å². The minimum atomic E-state index is -3.65. The van der Waals surface area contributed by atoms with E-state index in [4.69, 9.17) is 0 Å². The smallest absolute Gasteiger partial charge is 0.247 e. The maximum absolute atomic E-state index is 13.4. The van der Waals surface area contributed by atoms with Gasteiger partial charge in [0.1, 0.15) is 11.1 Å². The van der Waals surface area contributed by atoms with Crippen LogP contribution in [0.5, 0.6) is 0 Å². The molecule has 4 nitrogen and oxygen atoms in total. The first-order chi connectivity index (χ1) is 12.6. The molecule has 4 rings (SSSR count). The first-order valence-corrected chi connectivity index (χ1v) is 10.5. The monoisotopic (exact) mass is 428 g/mol. The van der Waals surface area contributed by atoms with Crippen molar-refractivity contribution in [1.29, 1.82) is 0 Å². The fourth-order valence-corrected chi connectivity index (χ4v) is 5.34. The molecule has 0 unspecified atom stereocenters. The largest absolute Gasteiger partial charge is 0.364 e. The van der Waals surface area contributed by atoms with E-state index in [1.165, 1.54) is 4.31 Å². The predicted molar refractivity (Wildman–Crippen MR) is 106 cm³/mol. The van der Waals surface area contributed by atoms with Gasteiger partial charge in [0.2, 0.25) is 10.0 Å². The Morgan fingerprint density at radius 2 is 1.54 bits per heavy atom. The van der Waals surface area contributed by atoms with Gasteiger partial charge < -0.3 is 5.32 Å². The number of halogens is 1. The van der Waals surface area contributed by atoms with Crippen LogP contribution in [-0.4, -0.2) is 12.7 Å². The Labute approximate surface area is 161 Å². The summed E-state index contributed by atoms with van der Waals surface area (Å²) in [4.78, 5) is 0.305. The van der Waals surface area contributed by atoms with Crippen molar-refractivity contribution in [1.82, 2.24) is 4.31 Å². The summed E-state index contributed by atoms with van der Waals surface area (Å²) in [5.74, 6) is 0. The zero-order valence-electron chi connectivity index (χ0n) is 13.8. The lowest BCUT2D eigenvalue weighted by molar-refractivity contribution is 0.335. The summed E-state index contributed by atoms with van der Waals surface area (Å²) in [6.45, 7) is 0.288. The summed E-state index contributed by atoms with van der Waals surface area (Å²) in [5.41, 5.74) is 2.44. The van der Waals surface area contributed by atoms with Gasteiger partial charge in [0.25, 0.3) is 0 Å². The molecule has 1 N–H and O–H groups in total. The van der Waals surface area contributed by atoms with Crippen molar-refractivity contribution in [3.05, 3.63) is 94.5 Å². The standard InChI is InChI=1S/C20H17BrN2O2S/c21-17-11-5-4-10-16(17)20-22-18-12-6-7-13-19(18)26(24,25)23(20)14-15-8-2-1-3-9-15/h1-13,20,22H,14H2/t20-/m1/s1. The van der Waals surface area contributed by atoms with Gasteiger partial charge in [-0.15, -0.1) is 0 Å². The van der Waals surface area contributed by atoms with Gasteiger partial charge in [0.05, 0.1) is 5.69 Å². The molecule has 0 aliphatic carbocycles. The second-order valence-corrected chi connectivity index (χ2v) is 8.81. The second-order valence-electron chi connectivity index (χ2n) is 6.10. The summed E-state index contributed by atoms with van der Waals surface area (Å²) in [6.07, 6.45) is -0.495. The molecule has 0 amide bonds. The molecule has 1 atom stereocenters. The minimum Gasteiger partial charge on any atom is -0.364 e. The zero-order valence-corrected chi connectivity index (χ0v) is 16.2. The van der Waals surface area contributed by atoms with E-state index in [9.17, 15) is 8.42 Å². The molecule has 0 fully saturated rings. The number of nitrogens with one attached hydrogen (secondary N) is 1. The maximum atomic E-state index is 13.4. The van der Waals surface area contributed by atoms with E-state index in [1.54, 1.807) is 18.2 Å². The summed E-state index contributed by atoms with van der Waals surface area (Å²) >= 11 is 3.56. The predicted octanol–water partition coefficient (Wildman–Crippen LogP) is 4.76. The van der Waals surface area contributed by atoms with Gasteiger partial charge in [-0.3, -0.25) is 0 Å². The van der Waals surface area contributed by atoms with E-state index in [2.05, 4.69) is 21.2 Å². The van der Waals surface area contributed by atoms with Crippen LogP contribution in [0.4, 0.5) is 5.69 Å². The van der Waals surface area contributed by atoms with Gasteiger partial charge in [0.15, 0.2) is 0 Å². The zero-order chi connectivity index (χ0) is 18.1. The summed E-state index contributed by atoms with van der Waals surface area (Å²) < 4.78 is 29.1. The fourth-order valence-electron chi connectivity index (χ4n) is 3.16. The molecule has 0 aromatic heterocycles. The molecule has 0 saturated heterocycles. The van der Waals surface area contributed by atoms with Crippen LogP contribution in [0, 0.1) is 0 Å². The van der Waals surface area contributed by atoms with Crippen molar-refractivity contribution in [2.24, 2.45) is 0 Å². The average molecular weight is 429 g/mol. The Hall–Kier alpha value is -2.15. The third kappa shape index (κ3) is 3.05. The van der Waals surface area contributed by atoms with Crippen LogP contribution in [0.15, 0.2) is 88.2 Å². The molecule has 26 heavy (non-hydrogen) atoms. The Bertz CT molecular complexity index is 1040. The number of sulfonamides is 1. The van der Waals surface area contributed by atoms with Gasteiger partial charge in [0, 0.05) is 16.6 Å². The Morgan fingerprint density at radius 1 is 0.885 bits per heavy atom. The fraction of sp³-hybridized carbons (Fsp3) is 0.100. The van der Waals surface area contributed by atoms with Crippen LogP contribution in [0.3, 0.4) is 0 Å². The topological polar surface area (TPSA) is 49.4 Å². The van der Waals surface area contributed by atoms with Crippen molar-refractivity contribution < 1.29 is 8.42 Å². The lowest BCUT2D eigenvalue weighted by Crippen LogP contribution is -2.42. The third-order valence-corrected chi connectivity index (χ3v) is 7.03. The van der Waals surface area contributed by atoms with Crippen LogP contribution in [0.25, 0.3) is 0 Å². The van der Waals surface area contributed by atoms with E-state index in [-0.39, 0.29) is 6.54 Å². The highest BCUT2D eigenvalue weighted by atomic mass is 79.9. The molecule has 1 aliphatic rings. The van der Waals surface area contributed by atoms with Gasteiger partial charge in [-0.25, -0.2) is 8.42 Å². The van der Waals surface area contributed by atoms with Gasteiger partial charge in [-0.1, -0.05) is 76.6 Å². The molecule has 0 saturated carbocycles. The molecular formula is C20H17BrN2O2S. The van der Waals surface area contributed by atoms with Crippen LogP contribution in [0.1, 0.15) is 17.3 Å². The molecule has 1 heterocycles. The number of fused-ring (bicyclic) bond motifs is 1. The van der Waals surface area contributed by atoms with Crippen LogP contribution >= 0.6 is 15.9 Å². The summed E-state index contributed by atoms with van der Waals surface area (Å²) in [6, 6.07) is 24.4. The highest BCUT2D eigenvalue weighted by Gasteiger charge is 2.39. The second kappa shape index (κ2) is 6.87. The van der Waals surface area contributed by atoms with Crippen molar-refractivity contribution in [3.8, 4) is 0 Å². The third-order valence-electron chi connectivity index (χ3n) is 4.43. The van der Waals surface area contributed by atoms with Crippen molar-refractivity contribution in [2.75, 3.05) is 5.32 Å². The van der Waals surface area contributed by atoms with Gasteiger partial charge >= 0.3 is 0 Å². The molecule has 0 spiro atoms.